The number of hydrogen-bond acceptors (Lipinski definition) is 6. The molecule has 0 bridgehead atoms. The standard InChI is InChI=1S/C24H24N4O2S2/c1-16-6-8-18(9-7-16)28-23(30)21-20(10-13-32-21)26-24(28)27-11-2-4-17(15-27)22(29)25-14-19-5-3-12-31-19/h3,5-10,12-13,17H,2,4,11,14-15H2,1H3,(H,25,29)/t17-/m0/s1. The first-order valence-corrected chi connectivity index (χ1v) is 12.5. The van der Waals surface area contributed by atoms with Gasteiger partial charge in [-0.25, -0.2) is 9.55 Å². The summed E-state index contributed by atoms with van der Waals surface area (Å²) in [5, 5.41) is 6.99. The molecule has 1 aromatic carbocycles. The van der Waals surface area contributed by atoms with Crippen LogP contribution < -0.4 is 15.8 Å². The van der Waals surface area contributed by atoms with Crippen LogP contribution in [0.5, 0.6) is 0 Å². The van der Waals surface area contributed by atoms with Crippen molar-refractivity contribution in [2.75, 3.05) is 18.0 Å². The lowest BCUT2D eigenvalue weighted by atomic mass is 9.97. The summed E-state index contributed by atoms with van der Waals surface area (Å²) in [5.41, 5.74) is 2.58. The van der Waals surface area contributed by atoms with Crippen LogP contribution in [-0.2, 0) is 11.3 Å². The Kier molecular flexibility index (Phi) is 5.80. The summed E-state index contributed by atoms with van der Waals surface area (Å²) >= 11 is 3.06. The number of carbonyl (C=O) groups is 1. The van der Waals surface area contributed by atoms with Crippen molar-refractivity contribution in [2.45, 2.75) is 26.3 Å². The average molecular weight is 465 g/mol. The van der Waals surface area contributed by atoms with Gasteiger partial charge in [0.15, 0.2) is 0 Å². The fourth-order valence-corrected chi connectivity index (χ4v) is 5.55. The molecule has 1 N–H and O–H groups in total. The molecule has 164 valence electrons. The molecule has 1 amide bonds. The van der Waals surface area contributed by atoms with Gasteiger partial charge in [-0.3, -0.25) is 9.59 Å². The maximum atomic E-state index is 13.4. The van der Waals surface area contributed by atoms with Crippen molar-refractivity contribution >= 4 is 44.7 Å². The summed E-state index contributed by atoms with van der Waals surface area (Å²) in [6, 6.07) is 13.8. The number of piperidine rings is 1. The van der Waals surface area contributed by atoms with Crippen molar-refractivity contribution in [3.8, 4) is 5.69 Å². The van der Waals surface area contributed by atoms with E-state index < -0.39 is 0 Å². The molecule has 0 unspecified atom stereocenters. The maximum Gasteiger partial charge on any atom is 0.277 e. The molecule has 3 aromatic heterocycles. The number of anilines is 1. The summed E-state index contributed by atoms with van der Waals surface area (Å²) in [5.74, 6) is 0.537. The summed E-state index contributed by atoms with van der Waals surface area (Å²) in [4.78, 5) is 34.4. The van der Waals surface area contributed by atoms with Gasteiger partial charge in [-0.2, -0.15) is 0 Å². The minimum absolute atomic E-state index is 0.0592. The van der Waals surface area contributed by atoms with Crippen molar-refractivity contribution in [1.82, 2.24) is 14.9 Å². The van der Waals surface area contributed by atoms with Gasteiger partial charge in [0.05, 0.1) is 23.7 Å². The molecule has 0 aliphatic carbocycles. The monoisotopic (exact) mass is 464 g/mol. The third-order valence-corrected chi connectivity index (χ3v) is 7.61. The van der Waals surface area contributed by atoms with Crippen LogP contribution in [0.1, 0.15) is 23.3 Å². The van der Waals surface area contributed by atoms with Gasteiger partial charge in [0.2, 0.25) is 11.9 Å². The van der Waals surface area contributed by atoms with Crippen LogP contribution in [0.4, 0.5) is 5.95 Å². The van der Waals surface area contributed by atoms with E-state index in [0.29, 0.717) is 29.3 Å². The third kappa shape index (κ3) is 4.08. The van der Waals surface area contributed by atoms with E-state index in [1.807, 2.05) is 60.1 Å². The smallest absolute Gasteiger partial charge is 0.277 e. The van der Waals surface area contributed by atoms with Crippen molar-refractivity contribution in [1.29, 1.82) is 0 Å². The Balaban J connectivity index is 1.46. The SMILES string of the molecule is Cc1ccc(-n2c(N3CCC[C@H](C(=O)NCc4cccs4)C3)nc3ccsc3c2=O)cc1. The van der Waals surface area contributed by atoms with E-state index in [1.54, 1.807) is 15.9 Å². The molecular formula is C24H24N4O2S2. The first kappa shape index (κ1) is 20.9. The van der Waals surface area contributed by atoms with Crippen molar-refractivity contribution in [3.63, 3.8) is 0 Å². The number of nitrogens with one attached hydrogen (secondary N) is 1. The third-order valence-electron chi connectivity index (χ3n) is 5.85. The summed E-state index contributed by atoms with van der Waals surface area (Å²) < 4.78 is 2.35. The highest BCUT2D eigenvalue weighted by Crippen LogP contribution is 2.27. The average Bonchev–Trinajstić information content (AvgIpc) is 3.50. The van der Waals surface area contributed by atoms with Gasteiger partial charge in [-0.1, -0.05) is 23.8 Å². The van der Waals surface area contributed by atoms with E-state index in [1.165, 1.54) is 11.3 Å². The Labute approximate surface area is 194 Å². The number of rotatable bonds is 5. The summed E-state index contributed by atoms with van der Waals surface area (Å²) in [6.45, 7) is 3.89. The van der Waals surface area contributed by atoms with Gasteiger partial charge < -0.3 is 10.2 Å². The van der Waals surface area contributed by atoms with Crippen LogP contribution in [0.25, 0.3) is 15.9 Å². The molecular weight excluding hydrogens is 440 g/mol. The van der Waals surface area contributed by atoms with Crippen LogP contribution in [0, 0.1) is 12.8 Å². The Morgan fingerprint density at radius 3 is 2.78 bits per heavy atom. The molecule has 0 spiro atoms. The van der Waals surface area contributed by atoms with E-state index in [4.69, 9.17) is 4.98 Å². The second kappa shape index (κ2) is 8.88. The molecule has 4 aromatic rings. The highest BCUT2D eigenvalue weighted by Gasteiger charge is 2.29. The molecule has 1 atom stereocenters. The fourth-order valence-electron chi connectivity index (χ4n) is 4.14. The number of aromatic nitrogens is 2. The largest absolute Gasteiger partial charge is 0.351 e. The van der Waals surface area contributed by atoms with Gasteiger partial charge in [0.1, 0.15) is 4.70 Å². The van der Waals surface area contributed by atoms with Crippen molar-refractivity contribution < 1.29 is 4.79 Å². The highest BCUT2D eigenvalue weighted by atomic mass is 32.1. The van der Waals surface area contributed by atoms with Gasteiger partial charge in [-0.05, 0) is 54.8 Å². The normalized spacial score (nSPS) is 16.4. The maximum absolute atomic E-state index is 13.4. The lowest BCUT2D eigenvalue weighted by Crippen LogP contribution is -2.45. The molecule has 32 heavy (non-hydrogen) atoms. The van der Waals surface area contributed by atoms with Crippen molar-refractivity contribution in [2.24, 2.45) is 5.92 Å². The number of thiophene rings is 2. The zero-order chi connectivity index (χ0) is 22.1. The Bertz CT molecular complexity index is 1290. The molecule has 0 radical (unpaired) electrons. The van der Waals surface area contributed by atoms with Crippen LogP contribution >= 0.6 is 22.7 Å². The molecule has 4 heterocycles. The molecule has 8 heteroatoms. The Hall–Kier alpha value is -2.97. The number of hydrogen-bond donors (Lipinski definition) is 1. The summed E-state index contributed by atoms with van der Waals surface area (Å²) in [6.07, 6.45) is 1.71. The number of benzene rings is 1. The van der Waals surface area contributed by atoms with Gasteiger partial charge in [0, 0.05) is 18.0 Å². The molecule has 1 aliphatic rings. The second-order valence-electron chi connectivity index (χ2n) is 8.11. The molecule has 5 rings (SSSR count). The zero-order valence-corrected chi connectivity index (χ0v) is 19.4. The van der Waals surface area contributed by atoms with Gasteiger partial charge >= 0.3 is 0 Å². The molecule has 0 saturated carbocycles. The number of amides is 1. The number of nitrogens with zero attached hydrogens (tertiary/aromatic N) is 3. The van der Waals surface area contributed by atoms with E-state index in [0.717, 1.165) is 35.5 Å². The predicted molar refractivity (Wildman–Crippen MR) is 131 cm³/mol. The highest BCUT2D eigenvalue weighted by molar-refractivity contribution is 7.17. The minimum Gasteiger partial charge on any atom is -0.351 e. The van der Waals surface area contributed by atoms with Crippen LogP contribution in [0.3, 0.4) is 0 Å². The first-order valence-electron chi connectivity index (χ1n) is 10.7. The minimum atomic E-state index is -0.134. The number of fused-ring (bicyclic) bond motifs is 1. The van der Waals surface area contributed by atoms with Crippen LogP contribution in [0.15, 0.2) is 58.0 Å². The molecule has 1 fully saturated rings. The summed E-state index contributed by atoms with van der Waals surface area (Å²) in [7, 11) is 0. The first-order chi connectivity index (χ1) is 15.6. The topological polar surface area (TPSA) is 67.2 Å². The fraction of sp³-hybridized carbons (Fsp3) is 0.292. The lowest BCUT2D eigenvalue weighted by Gasteiger charge is -2.34. The van der Waals surface area contributed by atoms with E-state index in [2.05, 4.69) is 10.2 Å². The van der Waals surface area contributed by atoms with Crippen LogP contribution in [-0.4, -0.2) is 28.5 Å². The Morgan fingerprint density at radius 2 is 2.00 bits per heavy atom. The van der Waals surface area contributed by atoms with E-state index in [-0.39, 0.29) is 17.4 Å². The second-order valence-corrected chi connectivity index (χ2v) is 10.1. The van der Waals surface area contributed by atoms with Gasteiger partial charge in [0.25, 0.3) is 5.56 Å². The van der Waals surface area contributed by atoms with E-state index >= 15 is 0 Å². The van der Waals surface area contributed by atoms with Crippen molar-refractivity contribution in [3.05, 3.63) is 74.0 Å². The Morgan fingerprint density at radius 1 is 1.16 bits per heavy atom. The van der Waals surface area contributed by atoms with Crippen LogP contribution in [0.2, 0.25) is 0 Å². The molecule has 6 nitrogen and oxygen atoms in total. The number of carbonyl (C=O) groups excluding carboxylic acids is 1. The van der Waals surface area contributed by atoms with E-state index in [9.17, 15) is 9.59 Å². The quantitative estimate of drug-likeness (QED) is 0.477. The predicted octanol–water partition coefficient (Wildman–Crippen LogP) is 4.35. The molecule has 1 aliphatic heterocycles. The zero-order valence-electron chi connectivity index (χ0n) is 17.8. The van der Waals surface area contributed by atoms with Gasteiger partial charge in [-0.15, -0.1) is 22.7 Å². The molecule has 1 saturated heterocycles. The lowest BCUT2D eigenvalue weighted by molar-refractivity contribution is -0.125. The number of aryl methyl sites for hydroxylation is 1.